The molecule has 0 aromatic rings. The molecule has 0 aromatic carbocycles. The summed E-state index contributed by atoms with van der Waals surface area (Å²) >= 11 is 5.27. The highest BCUT2D eigenvalue weighted by Crippen LogP contribution is 2.25. The van der Waals surface area contributed by atoms with Gasteiger partial charge in [-0.1, -0.05) is 19.3 Å². The van der Waals surface area contributed by atoms with Gasteiger partial charge in [-0.25, -0.2) is 0 Å². The maximum atomic E-state index is 12.8. The van der Waals surface area contributed by atoms with E-state index in [0.29, 0.717) is 6.54 Å². The summed E-state index contributed by atoms with van der Waals surface area (Å²) in [5, 5.41) is 2.97. The van der Waals surface area contributed by atoms with Gasteiger partial charge in [-0.2, -0.15) is 0 Å². The third-order valence-electron chi connectivity index (χ3n) is 5.81. The number of piperidine rings is 1. The molecular formula is C19H31N4O2S+. The first-order valence-corrected chi connectivity index (χ1v) is 10.6. The standard InChI is InChI=1S/C19H30N4O2S/c24-17-16(14-20-10-7-13-22-11-5-2-6-12-22)18(25)23(19(26)21-17)15-8-3-1-4-9-15/h14-16H,1-13H2,(H,21,24,26)/p+1/t16-/m1/s1. The Morgan fingerprint density at radius 2 is 1.81 bits per heavy atom. The van der Waals surface area contributed by atoms with Crippen LogP contribution in [0.5, 0.6) is 0 Å². The van der Waals surface area contributed by atoms with E-state index in [0.717, 1.165) is 38.6 Å². The van der Waals surface area contributed by atoms with Crippen LogP contribution in [0.3, 0.4) is 0 Å². The van der Waals surface area contributed by atoms with E-state index in [1.807, 2.05) is 0 Å². The van der Waals surface area contributed by atoms with Gasteiger partial charge in [0.15, 0.2) is 11.0 Å². The minimum atomic E-state index is -0.828. The van der Waals surface area contributed by atoms with Crippen molar-refractivity contribution >= 4 is 35.4 Å². The Hall–Kier alpha value is -1.34. The second kappa shape index (κ2) is 9.55. The van der Waals surface area contributed by atoms with Gasteiger partial charge in [0.05, 0.1) is 19.6 Å². The van der Waals surface area contributed by atoms with Crippen LogP contribution >= 0.6 is 12.2 Å². The van der Waals surface area contributed by atoms with Crippen molar-refractivity contribution in [2.75, 3.05) is 26.2 Å². The Labute approximate surface area is 161 Å². The summed E-state index contributed by atoms with van der Waals surface area (Å²) in [7, 11) is 0. The number of hydrogen-bond donors (Lipinski definition) is 2. The molecule has 3 aliphatic rings. The Morgan fingerprint density at radius 3 is 2.54 bits per heavy atom. The van der Waals surface area contributed by atoms with Gasteiger partial charge in [-0.05, 0) is 44.3 Å². The van der Waals surface area contributed by atoms with E-state index in [2.05, 4.69) is 10.3 Å². The van der Waals surface area contributed by atoms with Gasteiger partial charge in [-0.3, -0.25) is 19.5 Å². The van der Waals surface area contributed by atoms with Gasteiger partial charge < -0.3 is 10.2 Å². The second-order valence-electron chi connectivity index (χ2n) is 7.74. The maximum absolute atomic E-state index is 12.8. The lowest BCUT2D eigenvalue weighted by atomic mass is 9.92. The van der Waals surface area contributed by atoms with Crippen LogP contribution in [0.4, 0.5) is 0 Å². The average molecular weight is 380 g/mol. The number of nitrogens with zero attached hydrogens (tertiary/aromatic N) is 2. The molecule has 1 atom stereocenters. The molecule has 0 bridgehead atoms. The Balaban J connectivity index is 1.51. The molecule has 3 rings (SSSR count). The molecular weight excluding hydrogens is 348 g/mol. The summed E-state index contributed by atoms with van der Waals surface area (Å²) < 4.78 is 0. The van der Waals surface area contributed by atoms with E-state index in [1.54, 1.807) is 16.0 Å². The summed E-state index contributed by atoms with van der Waals surface area (Å²) in [5.41, 5.74) is 0. The first kappa shape index (κ1) is 19.4. The zero-order chi connectivity index (χ0) is 18.4. The normalized spacial score (nSPS) is 26.5. The largest absolute Gasteiger partial charge is 0.335 e. The second-order valence-corrected chi connectivity index (χ2v) is 8.13. The minimum Gasteiger partial charge on any atom is -0.335 e. The van der Waals surface area contributed by atoms with Gasteiger partial charge in [0.1, 0.15) is 0 Å². The van der Waals surface area contributed by atoms with Crippen LogP contribution in [0, 0.1) is 5.92 Å². The van der Waals surface area contributed by atoms with E-state index < -0.39 is 5.92 Å². The molecule has 2 aliphatic heterocycles. The molecule has 2 saturated heterocycles. The van der Waals surface area contributed by atoms with Crippen molar-refractivity contribution in [1.29, 1.82) is 0 Å². The molecule has 6 nitrogen and oxygen atoms in total. The SMILES string of the molecule is O=C1NC(=S)N(C2CCCCC2)C(=O)[C@@H]1C=NCCC[NH+]1CCCCC1. The van der Waals surface area contributed by atoms with Crippen LogP contribution in [-0.2, 0) is 9.59 Å². The van der Waals surface area contributed by atoms with Crippen LogP contribution in [0.25, 0.3) is 0 Å². The number of nitrogens with one attached hydrogen (secondary N) is 2. The molecule has 26 heavy (non-hydrogen) atoms. The average Bonchev–Trinajstić information content (AvgIpc) is 2.65. The number of hydrogen-bond acceptors (Lipinski definition) is 4. The smallest absolute Gasteiger partial charge is 0.247 e. The third kappa shape index (κ3) is 4.88. The predicted octanol–water partition coefficient (Wildman–Crippen LogP) is 0.708. The quantitative estimate of drug-likeness (QED) is 0.309. The first-order valence-electron chi connectivity index (χ1n) is 10.2. The number of amides is 2. The van der Waals surface area contributed by atoms with Gasteiger partial charge in [-0.15, -0.1) is 0 Å². The van der Waals surface area contributed by atoms with E-state index in [4.69, 9.17) is 12.2 Å². The highest BCUT2D eigenvalue weighted by atomic mass is 32.1. The number of rotatable bonds is 6. The van der Waals surface area contributed by atoms with E-state index in [-0.39, 0.29) is 23.0 Å². The van der Waals surface area contributed by atoms with Crippen LogP contribution in [0.15, 0.2) is 4.99 Å². The van der Waals surface area contributed by atoms with E-state index in [9.17, 15) is 9.59 Å². The first-order chi connectivity index (χ1) is 12.7. The zero-order valence-electron chi connectivity index (χ0n) is 15.5. The van der Waals surface area contributed by atoms with Crippen molar-refractivity contribution in [3.8, 4) is 0 Å². The number of carbonyl (C=O) groups is 2. The lowest BCUT2D eigenvalue weighted by molar-refractivity contribution is -0.904. The zero-order valence-corrected chi connectivity index (χ0v) is 16.4. The van der Waals surface area contributed by atoms with Crippen molar-refractivity contribution < 1.29 is 14.5 Å². The van der Waals surface area contributed by atoms with Gasteiger partial charge in [0, 0.05) is 25.2 Å². The molecule has 1 saturated carbocycles. The summed E-state index contributed by atoms with van der Waals surface area (Å²) in [6.07, 6.45) is 11.9. The summed E-state index contributed by atoms with van der Waals surface area (Å²) in [4.78, 5) is 32.7. The number of quaternary nitrogens is 1. The topological polar surface area (TPSA) is 66.2 Å². The van der Waals surface area contributed by atoms with Crippen molar-refractivity contribution in [2.45, 2.75) is 63.8 Å². The Morgan fingerprint density at radius 1 is 1.12 bits per heavy atom. The van der Waals surface area contributed by atoms with Gasteiger partial charge in [0.2, 0.25) is 11.8 Å². The van der Waals surface area contributed by atoms with E-state index in [1.165, 1.54) is 38.8 Å². The monoisotopic (exact) mass is 379 g/mol. The van der Waals surface area contributed by atoms with Crippen LogP contribution < -0.4 is 10.2 Å². The fraction of sp³-hybridized carbons (Fsp3) is 0.789. The van der Waals surface area contributed by atoms with Crippen molar-refractivity contribution in [3.05, 3.63) is 0 Å². The molecule has 3 fully saturated rings. The lowest BCUT2D eigenvalue weighted by Crippen LogP contribution is -3.12. The molecule has 2 heterocycles. The highest BCUT2D eigenvalue weighted by molar-refractivity contribution is 7.80. The molecule has 0 unspecified atom stereocenters. The van der Waals surface area contributed by atoms with Crippen molar-refractivity contribution in [2.24, 2.45) is 10.9 Å². The summed E-state index contributed by atoms with van der Waals surface area (Å²) in [6.45, 7) is 4.33. The molecule has 0 aromatic heterocycles. The molecule has 2 amide bonds. The fourth-order valence-electron chi connectivity index (χ4n) is 4.32. The summed E-state index contributed by atoms with van der Waals surface area (Å²) in [5.74, 6) is -1.36. The van der Waals surface area contributed by atoms with Gasteiger partial charge in [0.25, 0.3) is 0 Å². The van der Waals surface area contributed by atoms with Crippen molar-refractivity contribution in [1.82, 2.24) is 10.2 Å². The number of likely N-dealkylation sites (tertiary alicyclic amines) is 1. The maximum Gasteiger partial charge on any atom is 0.247 e. The minimum absolute atomic E-state index is 0.128. The molecule has 0 spiro atoms. The molecule has 1 aliphatic carbocycles. The number of aliphatic imine (C=N–C) groups is 1. The van der Waals surface area contributed by atoms with Gasteiger partial charge >= 0.3 is 0 Å². The highest BCUT2D eigenvalue weighted by Gasteiger charge is 2.40. The lowest BCUT2D eigenvalue weighted by Gasteiger charge is -2.38. The summed E-state index contributed by atoms with van der Waals surface area (Å²) in [6, 6.07) is 0.128. The van der Waals surface area contributed by atoms with Crippen LogP contribution in [-0.4, -0.2) is 60.3 Å². The van der Waals surface area contributed by atoms with Crippen molar-refractivity contribution in [3.63, 3.8) is 0 Å². The Bertz CT molecular complexity index is 554. The molecule has 2 N–H and O–H groups in total. The molecule has 7 heteroatoms. The third-order valence-corrected chi connectivity index (χ3v) is 6.11. The van der Waals surface area contributed by atoms with Crippen LogP contribution in [0.1, 0.15) is 57.8 Å². The molecule has 0 radical (unpaired) electrons. The number of carbonyl (C=O) groups excluding carboxylic acids is 2. The fourth-order valence-corrected chi connectivity index (χ4v) is 4.66. The molecule has 144 valence electrons. The predicted molar refractivity (Wildman–Crippen MR) is 105 cm³/mol. The Kier molecular flexibility index (Phi) is 7.14. The number of thiocarbonyl (C=S) groups is 1. The van der Waals surface area contributed by atoms with E-state index >= 15 is 0 Å². The van der Waals surface area contributed by atoms with Crippen LogP contribution in [0.2, 0.25) is 0 Å².